The van der Waals surface area contributed by atoms with E-state index in [1.807, 2.05) is 65.6 Å². The SMILES string of the molecule is O=C(COc1ccccc1)N1CCN(Cc2noc(-c3ccccc3)n2)CC1. The highest BCUT2D eigenvalue weighted by atomic mass is 16.5. The molecule has 1 aliphatic heterocycles. The minimum atomic E-state index is 0.00873. The van der Waals surface area contributed by atoms with E-state index >= 15 is 0 Å². The highest BCUT2D eigenvalue weighted by Gasteiger charge is 2.22. The van der Waals surface area contributed by atoms with Gasteiger partial charge in [0.2, 0.25) is 0 Å². The maximum Gasteiger partial charge on any atom is 0.260 e. The molecular weight excluding hydrogens is 356 g/mol. The van der Waals surface area contributed by atoms with Crippen LogP contribution in [0.25, 0.3) is 11.5 Å². The Hall–Kier alpha value is -3.19. The second-order valence-electron chi connectivity index (χ2n) is 6.64. The molecule has 4 rings (SSSR count). The molecule has 1 fully saturated rings. The Morgan fingerprint density at radius 1 is 0.964 bits per heavy atom. The number of benzene rings is 2. The van der Waals surface area contributed by atoms with Gasteiger partial charge in [0.25, 0.3) is 11.8 Å². The first-order valence-electron chi connectivity index (χ1n) is 9.34. The number of rotatable bonds is 6. The van der Waals surface area contributed by atoms with Gasteiger partial charge in [0, 0.05) is 31.7 Å². The highest BCUT2D eigenvalue weighted by Crippen LogP contribution is 2.17. The molecule has 2 heterocycles. The number of carbonyl (C=O) groups excluding carboxylic acids is 1. The van der Waals surface area contributed by atoms with Crippen molar-refractivity contribution < 1.29 is 14.1 Å². The molecule has 0 radical (unpaired) electrons. The second kappa shape index (κ2) is 8.67. The molecule has 7 nitrogen and oxygen atoms in total. The molecule has 7 heteroatoms. The van der Waals surface area contributed by atoms with Crippen LogP contribution in [-0.4, -0.2) is 58.6 Å². The molecule has 144 valence electrons. The van der Waals surface area contributed by atoms with Gasteiger partial charge in [-0.3, -0.25) is 9.69 Å². The zero-order valence-corrected chi connectivity index (χ0v) is 15.5. The van der Waals surface area contributed by atoms with Crippen LogP contribution >= 0.6 is 0 Å². The van der Waals surface area contributed by atoms with Gasteiger partial charge < -0.3 is 14.2 Å². The van der Waals surface area contributed by atoms with Crippen LogP contribution in [0.1, 0.15) is 5.82 Å². The number of carbonyl (C=O) groups is 1. The van der Waals surface area contributed by atoms with Gasteiger partial charge >= 0.3 is 0 Å². The number of amides is 1. The maximum atomic E-state index is 12.3. The first-order valence-corrected chi connectivity index (χ1v) is 9.34. The van der Waals surface area contributed by atoms with Crippen molar-refractivity contribution in [2.75, 3.05) is 32.8 Å². The van der Waals surface area contributed by atoms with Crippen LogP contribution in [0.2, 0.25) is 0 Å². The van der Waals surface area contributed by atoms with Crippen LogP contribution in [0.4, 0.5) is 0 Å². The normalized spacial score (nSPS) is 14.8. The Morgan fingerprint density at radius 3 is 2.36 bits per heavy atom. The van der Waals surface area contributed by atoms with E-state index in [0.717, 1.165) is 18.7 Å². The second-order valence-corrected chi connectivity index (χ2v) is 6.64. The van der Waals surface area contributed by atoms with E-state index < -0.39 is 0 Å². The predicted octanol–water partition coefficient (Wildman–Crippen LogP) is 2.46. The molecule has 0 spiro atoms. The van der Waals surface area contributed by atoms with Crippen molar-refractivity contribution in [2.24, 2.45) is 0 Å². The van der Waals surface area contributed by atoms with Crippen molar-refractivity contribution in [1.29, 1.82) is 0 Å². The zero-order chi connectivity index (χ0) is 19.2. The van der Waals surface area contributed by atoms with Crippen LogP contribution < -0.4 is 4.74 Å². The molecule has 0 atom stereocenters. The molecular formula is C21H22N4O3. The van der Waals surface area contributed by atoms with Crippen LogP contribution in [0.3, 0.4) is 0 Å². The zero-order valence-electron chi connectivity index (χ0n) is 15.5. The summed E-state index contributed by atoms with van der Waals surface area (Å²) in [6, 6.07) is 19.1. The van der Waals surface area contributed by atoms with Gasteiger partial charge in [-0.1, -0.05) is 41.6 Å². The molecule has 28 heavy (non-hydrogen) atoms. The Labute approximate surface area is 163 Å². The molecule has 2 aromatic carbocycles. The largest absolute Gasteiger partial charge is 0.484 e. The number of hydrogen-bond acceptors (Lipinski definition) is 6. The van der Waals surface area contributed by atoms with Crippen molar-refractivity contribution in [1.82, 2.24) is 19.9 Å². The molecule has 3 aromatic rings. The van der Waals surface area contributed by atoms with Gasteiger partial charge in [-0.15, -0.1) is 0 Å². The Kier molecular flexibility index (Phi) is 5.63. The number of hydrogen-bond donors (Lipinski definition) is 0. The lowest BCUT2D eigenvalue weighted by Gasteiger charge is -2.33. The third kappa shape index (κ3) is 4.55. The Balaban J connectivity index is 1.24. The fraction of sp³-hybridized carbons (Fsp3) is 0.286. The number of ether oxygens (including phenoxy) is 1. The van der Waals surface area contributed by atoms with Gasteiger partial charge in [-0.05, 0) is 24.3 Å². The summed E-state index contributed by atoms with van der Waals surface area (Å²) in [7, 11) is 0. The summed E-state index contributed by atoms with van der Waals surface area (Å²) < 4.78 is 10.9. The minimum absolute atomic E-state index is 0.00873. The van der Waals surface area contributed by atoms with E-state index in [-0.39, 0.29) is 12.5 Å². The number of para-hydroxylation sites is 1. The fourth-order valence-electron chi connectivity index (χ4n) is 3.12. The summed E-state index contributed by atoms with van der Waals surface area (Å²) in [4.78, 5) is 20.9. The molecule has 0 bridgehead atoms. The monoisotopic (exact) mass is 378 g/mol. The molecule has 0 unspecified atom stereocenters. The van der Waals surface area contributed by atoms with E-state index in [4.69, 9.17) is 9.26 Å². The number of aromatic nitrogens is 2. The standard InChI is InChI=1S/C21H22N4O3/c26-20(16-27-18-9-5-2-6-10-18)25-13-11-24(12-14-25)15-19-22-21(28-23-19)17-7-3-1-4-8-17/h1-10H,11-16H2. The summed E-state index contributed by atoms with van der Waals surface area (Å²) in [5.74, 6) is 1.91. The van der Waals surface area contributed by atoms with E-state index in [0.29, 0.717) is 37.1 Å². The molecule has 1 amide bonds. The van der Waals surface area contributed by atoms with Gasteiger partial charge in [0.15, 0.2) is 12.4 Å². The van der Waals surface area contributed by atoms with Crippen LogP contribution in [0.15, 0.2) is 65.2 Å². The van der Waals surface area contributed by atoms with E-state index in [2.05, 4.69) is 15.0 Å². The third-order valence-corrected chi connectivity index (χ3v) is 4.68. The molecule has 1 saturated heterocycles. The smallest absolute Gasteiger partial charge is 0.260 e. The summed E-state index contributed by atoms with van der Waals surface area (Å²) in [5.41, 5.74) is 0.912. The highest BCUT2D eigenvalue weighted by molar-refractivity contribution is 5.77. The topological polar surface area (TPSA) is 71.7 Å². The Bertz CT molecular complexity index is 890. The van der Waals surface area contributed by atoms with Crippen LogP contribution in [-0.2, 0) is 11.3 Å². The average Bonchev–Trinajstić information content (AvgIpc) is 3.22. The predicted molar refractivity (Wildman–Crippen MR) is 104 cm³/mol. The van der Waals surface area contributed by atoms with E-state index in [9.17, 15) is 4.79 Å². The van der Waals surface area contributed by atoms with E-state index in [1.165, 1.54) is 0 Å². The first kappa shape index (κ1) is 18.2. The van der Waals surface area contributed by atoms with Gasteiger partial charge in [0.1, 0.15) is 5.75 Å². The summed E-state index contributed by atoms with van der Waals surface area (Å²) in [5, 5.41) is 4.08. The number of nitrogens with zero attached hydrogens (tertiary/aromatic N) is 4. The molecule has 1 aromatic heterocycles. The third-order valence-electron chi connectivity index (χ3n) is 4.68. The first-order chi connectivity index (χ1) is 13.8. The van der Waals surface area contributed by atoms with Crippen molar-refractivity contribution in [3.8, 4) is 17.2 Å². The number of piperazine rings is 1. The van der Waals surface area contributed by atoms with Crippen LogP contribution in [0.5, 0.6) is 5.75 Å². The Morgan fingerprint density at radius 2 is 1.64 bits per heavy atom. The lowest BCUT2D eigenvalue weighted by molar-refractivity contribution is -0.135. The lowest BCUT2D eigenvalue weighted by Crippen LogP contribution is -2.49. The van der Waals surface area contributed by atoms with Crippen LogP contribution in [0, 0.1) is 0 Å². The quantitative estimate of drug-likeness (QED) is 0.656. The minimum Gasteiger partial charge on any atom is -0.484 e. The van der Waals surface area contributed by atoms with Crippen molar-refractivity contribution in [3.05, 3.63) is 66.5 Å². The van der Waals surface area contributed by atoms with Gasteiger partial charge in [-0.25, -0.2) is 0 Å². The summed E-state index contributed by atoms with van der Waals surface area (Å²) in [6.45, 7) is 3.55. The maximum absolute atomic E-state index is 12.3. The van der Waals surface area contributed by atoms with Crippen molar-refractivity contribution in [3.63, 3.8) is 0 Å². The fourth-order valence-corrected chi connectivity index (χ4v) is 3.12. The summed E-state index contributed by atoms with van der Waals surface area (Å²) >= 11 is 0. The van der Waals surface area contributed by atoms with Crippen molar-refractivity contribution >= 4 is 5.91 Å². The van der Waals surface area contributed by atoms with Gasteiger partial charge in [-0.2, -0.15) is 4.98 Å². The average molecular weight is 378 g/mol. The summed E-state index contributed by atoms with van der Waals surface area (Å²) in [6.07, 6.45) is 0. The lowest BCUT2D eigenvalue weighted by atomic mass is 10.2. The molecule has 1 aliphatic rings. The molecule has 0 saturated carbocycles. The molecule has 0 aliphatic carbocycles. The van der Waals surface area contributed by atoms with Crippen molar-refractivity contribution in [2.45, 2.75) is 6.54 Å². The van der Waals surface area contributed by atoms with Gasteiger partial charge in [0.05, 0.1) is 6.54 Å². The van der Waals surface area contributed by atoms with E-state index in [1.54, 1.807) is 0 Å². The molecule has 0 N–H and O–H groups in total.